The Kier molecular flexibility index (Phi) is 4.51. The van der Waals surface area contributed by atoms with Crippen LogP contribution in [-0.4, -0.2) is 30.1 Å². The van der Waals surface area contributed by atoms with Crippen LogP contribution in [0.3, 0.4) is 0 Å². The van der Waals surface area contributed by atoms with E-state index in [4.69, 9.17) is 0 Å². The van der Waals surface area contributed by atoms with Crippen molar-refractivity contribution in [2.45, 2.75) is 26.4 Å². The lowest BCUT2D eigenvalue weighted by Gasteiger charge is -2.30. The van der Waals surface area contributed by atoms with Crippen molar-refractivity contribution in [1.29, 1.82) is 0 Å². The summed E-state index contributed by atoms with van der Waals surface area (Å²) < 4.78 is 0. The first kappa shape index (κ1) is 13.2. The first-order chi connectivity index (χ1) is 7.42. The van der Waals surface area contributed by atoms with Crippen molar-refractivity contribution in [2.24, 2.45) is 5.92 Å². The van der Waals surface area contributed by atoms with Gasteiger partial charge in [-0.3, -0.25) is 0 Å². The molecule has 0 spiro atoms. The van der Waals surface area contributed by atoms with Crippen LogP contribution in [0.2, 0.25) is 0 Å². The molecule has 1 atom stereocenters. The highest BCUT2D eigenvalue weighted by Gasteiger charge is 2.24. The lowest BCUT2D eigenvalue weighted by Crippen LogP contribution is -2.38. The quantitative estimate of drug-likeness (QED) is 0.825. The van der Waals surface area contributed by atoms with Crippen LogP contribution in [0, 0.1) is 5.92 Å². The maximum absolute atomic E-state index is 10.4. The van der Waals surface area contributed by atoms with Gasteiger partial charge in [-0.1, -0.05) is 44.2 Å². The minimum atomic E-state index is -0.773. The molecule has 0 heterocycles. The minimum Gasteiger partial charge on any atom is -0.384 e. The summed E-state index contributed by atoms with van der Waals surface area (Å²) in [6.45, 7) is 7.92. The molecule has 1 aromatic rings. The minimum absolute atomic E-state index is 0.622. The van der Waals surface area contributed by atoms with E-state index in [9.17, 15) is 5.11 Å². The zero-order valence-corrected chi connectivity index (χ0v) is 10.8. The Morgan fingerprint density at radius 2 is 1.81 bits per heavy atom. The molecule has 1 rings (SSSR count). The number of hydrogen-bond acceptors (Lipinski definition) is 2. The number of rotatable bonds is 5. The van der Waals surface area contributed by atoms with Crippen LogP contribution in [0.25, 0.3) is 0 Å². The van der Waals surface area contributed by atoms with Crippen LogP contribution >= 0.6 is 0 Å². The molecule has 0 aliphatic heterocycles. The number of hydrogen-bond donors (Lipinski definition) is 1. The molecule has 0 fully saturated rings. The van der Waals surface area contributed by atoms with Crippen molar-refractivity contribution >= 4 is 0 Å². The molecule has 0 bridgehead atoms. The Bertz CT molecular complexity index is 306. The highest BCUT2D eigenvalue weighted by molar-refractivity contribution is 5.21. The Morgan fingerprint density at radius 1 is 1.25 bits per heavy atom. The fourth-order valence-electron chi connectivity index (χ4n) is 2.10. The Morgan fingerprint density at radius 3 is 2.31 bits per heavy atom. The molecule has 2 heteroatoms. The highest BCUT2D eigenvalue weighted by Crippen LogP contribution is 2.21. The maximum atomic E-state index is 10.4. The topological polar surface area (TPSA) is 23.5 Å². The molecule has 1 N–H and O–H groups in total. The molecule has 0 saturated heterocycles. The lowest BCUT2D eigenvalue weighted by molar-refractivity contribution is 0.0208. The monoisotopic (exact) mass is 221 g/mol. The van der Waals surface area contributed by atoms with E-state index in [1.165, 1.54) is 0 Å². The van der Waals surface area contributed by atoms with Gasteiger partial charge < -0.3 is 10.0 Å². The van der Waals surface area contributed by atoms with Crippen molar-refractivity contribution in [1.82, 2.24) is 4.90 Å². The van der Waals surface area contributed by atoms with E-state index in [0.29, 0.717) is 12.5 Å². The van der Waals surface area contributed by atoms with E-state index in [1.54, 1.807) is 0 Å². The second-order valence-corrected chi connectivity index (χ2v) is 5.23. The van der Waals surface area contributed by atoms with Gasteiger partial charge in [0.1, 0.15) is 0 Å². The third-order valence-corrected chi connectivity index (χ3v) is 2.65. The summed E-state index contributed by atoms with van der Waals surface area (Å²) in [6, 6.07) is 9.85. The van der Waals surface area contributed by atoms with Crippen molar-refractivity contribution in [2.75, 3.05) is 20.1 Å². The van der Waals surface area contributed by atoms with Crippen LogP contribution in [0.4, 0.5) is 0 Å². The fourth-order valence-corrected chi connectivity index (χ4v) is 2.10. The number of likely N-dealkylation sites (N-methyl/N-ethyl adjacent to an activating group) is 1. The van der Waals surface area contributed by atoms with E-state index in [-0.39, 0.29) is 0 Å². The number of nitrogens with zero attached hydrogens (tertiary/aromatic N) is 1. The predicted octanol–water partition coefficient (Wildman–Crippen LogP) is 2.48. The predicted molar refractivity (Wildman–Crippen MR) is 68.3 cm³/mol. The third kappa shape index (κ3) is 3.95. The maximum Gasteiger partial charge on any atom is 0.0994 e. The van der Waals surface area contributed by atoms with Crippen LogP contribution in [0.15, 0.2) is 30.3 Å². The molecule has 0 amide bonds. The van der Waals surface area contributed by atoms with E-state index in [2.05, 4.69) is 25.8 Å². The van der Waals surface area contributed by atoms with Crippen molar-refractivity contribution < 1.29 is 5.11 Å². The number of benzene rings is 1. The van der Waals surface area contributed by atoms with Crippen LogP contribution in [0.1, 0.15) is 26.3 Å². The molecule has 0 aliphatic rings. The summed E-state index contributed by atoms with van der Waals surface area (Å²) in [4.78, 5) is 2.18. The summed E-state index contributed by atoms with van der Waals surface area (Å²) in [5.74, 6) is 0.622. The molecular weight excluding hydrogens is 198 g/mol. The largest absolute Gasteiger partial charge is 0.384 e. The SMILES string of the molecule is CC(C)CN(C)CC(C)(O)c1ccccc1. The molecular formula is C14H23NO. The van der Waals surface area contributed by atoms with Gasteiger partial charge in [0.05, 0.1) is 5.60 Å². The summed E-state index contributed by atoms with van der Waals surface area (Å²) in [5.41, 5.74) is 0.204. The van der Waals surface area contributed by atoms with Gasteiger partial charge >= 0.3 is 0 Å². The molecule has 0 aromatic heterocycles. The summed E-state index contributed by atoms with van der Waals surface area (Å²) in [6.07, 6.45) is 0. The third-order valence-electron chi connectivity index (χ3n) is 2.65. The second-order valence-electron chi connectivity index (χ2n) is 5.23. The normalized spacial score (nSPS) is 15.4. The zero-order chi connectivity index (χ0) is 12.2. The van der Waals surface area contributed by atoms with Crippen molar-refractivity contribution in [3.05, 3.63) is 35.9 Å². The van der Waals surface area contributed by atoms with Gasteiger partial charge in [-0.05, 0) is 25.5 Å². The molecule has 0 aliphatic carbocycles. The Hall–Kier alpha value is -0.860. The van der Waals surface area contributed by atoms with Crippen LogP contribution in [-0.2, 0) is 5.60 Å². The average Bonchev–Trinajstić information content (AvgIpc) is 2.16. The van der Waals surface area contributed by atoms with Crippen LogP contribution in [0.5, 0.6) is 0 Å². The van der Waals surface area contributed by atoms with Gasteiger partial charge in [0, 0.05) is 13.1 Å². The summed E-state index contributed by atoms with van der Waals surface area (Å²) >= 11 is 0. The molecule has 0 radical (unpaired) electrons. The van der Waals surface area contributed by atoms with Gasteiger partial charge in [-0.25, -0.2) is 0 Å². The lowest BCUT2D eigenvalue weighted by atomic mass is 9.95. The first-order valence-corrected chi connectivity index (χ1v) is 5.88. The van der Waals surface area contributed by atoms with Crippen LogP contribution < -0.4 is 0 Å². The first-order valence-electron chi connectivity index (χ1n) is 5.88. The fraction of sp³-hybridized carbons (Fsp3) is 0.571. The molecule has 90 valence electrons. The Labute approximate surface area is 98.9 Å². The Balaban J connectivity index is 2.65. The number of aliphatic hydroxyl groups is 1. The van der Waals surface area contributed by atoms with Gasteiger partial charge in [0.2, 0.25) is 0 Å². The van der Waals surface area contributed by atoms with Crippen molar-refractivity contribution in [3.63, 3.8) is 0 Å². The molecule has 1 unspecified atom stereocenters. The standard InChI is InChI=1S/C14H23NO/c1-12(2)10-15(4)11-14(3,16)13-8-6-5-7-9-13/h5-9,12,16H,10-11H2,1-4H3. The van der Waals surface area contributed by atoms with Gasteiger partial charge in [-0.2, -0.15) is 0 Å². The van der Waals surface area contributed by atoms with Gasteiger partial charge in [0.25, 0.3) is 0 Å². The molecule has 1 aromatic carbocycles. The summed E-state index contributed by atoms with van der Waals surface area (Å²) in [7, 11) is 2.05. The van der Waals surface area contributed by atoms with E-state index in [0.717, 1.165) is 12.1 Å². The summed E-state index contributed by atoms with van der Waals surface area (Å²) in [5, 5.41) is 10.4. The molecule has 16 heavy (non-hydrogen) atoms. The van der Waals surface area contributed by atoms with E-state index < -0.39 is 5.60 Å². The van der Waals surface area contributed by atoms with Gasteiger partial charge in [-0.15, -0.1) is 0 Å². The van der Waals surface area contributed by atoms with Gasteiger partial charge in [0.15, 0.2) is 0 Å². The zero-order valence-electron chi connectivity index (χ0n) is 10.8. The molecule has 2 nitrogen and oxygen atoms in total. The second kappa shape index (κ2) is 5.46. The average molecular weight is 221 g/mol. The van der Waals surface area contributed by atoms with E-state index >= 15 is 0 Å². The smallest absolute Gasteiger partial charge is 0.0994 e. The molecule has 0 saturated carbocycles. The van der Waals surface area contributed by atoms with E-state index in [1.807, 2.05) is 37.3 Å². The highest BCUT2D eigenvalue weighted by atomic mass is 16.3. The van der Waals surface area contributed by atoms with Crippen molar-refractivity contribution in [3.8, 4) is 0 Å².